The molecule has 0 bridgehead atoms. The second-order valence-electron chi connectivity index (χ2n) is 8.91. The average Bonchev–Trinajstić information content (AvgIpc) is 3.18. The molecule has 0 fully saturated rings. The second-order valence-corrected chi connectivity index (χ2v) is 15.0. The van der Waals surface area contributed by atoms with Crippen LogP contribution in [0, 0.1) is 0 Å². The predicted molar refractivity (Wildman–Crippen MR) is 152 cm³/mol. The van der Waals surface area contributed by atoms with Crippen molar-refractivity contribution in [3.63, 3.8) is 0 Å². The van der Waals surface area contributed by atoms with E-state index in [9.17, 15) is 14.2 Å². The van der Waals surface area contributed by atoms with Crippen LogP contribution in [-0.4, -0.2) is 34.2 Å². The Bertz CT molecular complexity index is 1120. The number of hydrogen-bond acceptors (Lipinski definition) is 8. The number of aromatic nitrogens is 2. The first-order chi connectivity index (χ1) is 16.7. The van der Waals surface area contributed by atoms with Crippen LogP contribution in [0.3, 0.4) is 0 Å². The van der Waals surface area contributed by atoms with E-state index in [2.05, 4.69) is 14.7 Å². The molecule has 0 saturated carbocycles. The third-order valence-electron chi connectivity index (χ3n) is 4.72. The number of nitrogens with two attached hydrogens (primary N) is 1. The first-order valence-electron chi connectivity index (χ1n) is 10.7. The summed E-state index contributed by atoms with van der Waals surface area (Å²) in [4.78, 5) is 8.41. The molecule has 0 amide bonds. The van der Waals surface area contributed by atoms with Crippen molar-refractivity contribution in [1.29, 1.82) is 0 Å². The molecule has 2 heterocycles. The fourth-order valence-electron chi connectivity index (χ4n) is 2.68. The highest BCUT2D eigenvalue weighted by Gasteiger charge is 2.33. The van der Waals surface area contributed by atoms with Gasteiger partial charge in [0, 0.05) is 49.9 Å². The molecular formula is C23H29Cl3N4O3S3. The lowest BCUT2D eigenvalue weighted by Crippen LogP contribution is -2.41. The second kappa shape index (κ2) is 14.0. The summed E-state index contributed by atoms with van der Waals surface area (Å²) in [7, 11) is 0. The maximum absolute atomic E-state index is 12.9. The quantitative estimate of drug-likeness (QED) is 0.229. The Morgan fingerprint density at radius 1 is 1.11 bits per heavy atom. The van der Waals surface area contributed by atoms with Crippen LogP contribution in [0.5, 0.6) is 0 Å². The highest BCUT2D eigenvalue weighted by atomic mass is 35.5. The number of aliphatic hydroxyl groups is 1. The Morgan fingerprint density at radius 3 is 2.28 bits per heavy atom. The van der Waals surface area contributed by atoms with Crippen LogP contribution in [-0.2, 0) is 22.7 Å². The van der Waals surface area contributed by atoms with E-state index in [0.717, 1.165) is 5.56 Å². The van der Waals surface area contributed by atoms with Gasteiger partial charge in [-0.25, -0.2) is 9.97 Å². The van der Waals surface area contributed by atoms with Crippen molar-refractivity contribution in [2.45, 2.75) is 56.8 Å². The van der Waals surface area contributed by atoms with Crippen molar-refractivity contribution < 1.29 is 14.2 Å². The standard InChI is InChI=1S/C20H20Cl3N3O2S2.C3H9NOS/c1-20(2,3)30(28)26-16(11-5-4-6-12(21)7-11)13-8-15(29-19(13)23)17(27)14-9-24-10-25-18(14)22;1-3(2)6(4)5/h4-10,16-17,26-27H,1-3H3;3H,4H2,1-2H3. The van der Waals surface area contributed by atoms with E-state index >= 15 is 0 Å². The van der Waals surface area contributed by atoms with Crippen LogP contribution < -0.4 is 9.86 Å². The molecule has 0 aliphatic rings. The van der Waals surface area contributed by atoms with Crippen LogP contribution in [0.4, 0.5) is 0 Å². The minimum Gasteiger partial charge on any atom is -0.598 e. The lowest BCUT2D eigenvalue weighted by atomic mass is 10.0. The Morgan fingerprint density at radius 2 is 1.75 bits per heavy atom. The summed E-state index contributed by atoms with van der Waals surface area (Å²) in [5.74, 6) is 0. The molecule has 0 aliphatic carbocycles. The molecule has 4 atom stereocenters. The van der Waals surface area contributed by atoms with Crippen molar-refractivity contribution in [1.82, 2.24) is 14.7 Å². The molecule has 4 unspecified atom stereocenters. The number of aliphatic hydroxyl groups excluding tert-OH is 1. The summed E-state index contributed by atoms with van der Waals surface area (Å²) < 4.78 is 26.0. The molecule has 0 saturated heterocycles. The van der Waals surface area contributed by atoms with Crippen molar-refractivity contribution >= 4 is 68.9 Å². The van der Waals surface area contributed by atoms with Crippen molar-refractivity contribution in [2.24, 2.45) is 5.14 Å². The normalized spacial score (nSPS) is 15.1. The predicted octanol–water partition coefficient (Wildman–Crippen LogP) is 5.74. The number of rotatable bonds is 7. The molecule has 0 radical (unpaired) electrons. The maximum atomic E-state index is 12.9. The van der Waals surface area contributed by atoms with Gasteiger partial charge in [0.2, 0.25) is 0 Å². The molecule has 2 aromatic heterocycles. The molecule has 4 N–H and O–H groups in total. The first-order valence-corrected chi connectivity index (χ1v) is 15.1. The molecule has 36 heavy (non-hydrogen) atoms. The van der Waals surface area contributed by atoms with Gasteiger partial charge in [-0.15, -0.1) is 16.1 Å². The Balaban J connectivity index is 0.000000678. The smallest absolute Gasteiger partial charge is 0.138 e. The fraction of sp³-hybridized carbons (Fsp3) is 0.391. The first kappa shape index (κ1) is 31.6. The zero-order valence-corrected chi connectivity index (χ0v) is 25.1. The van der Waals surface area contributed by atoms with Gasteiger partial charge in [0.25, 0.3) is 0 Å². The van der Waals surface area contributed by atoms with Gasteiger partial charge in [-0.05, 0) is 58.4 Å². The monoisotopic (exact) mass is 610 g/mol. The minimum absolute atomic E-state index is 0.102. The lowest BCUT2D eigenvalue weighted by molar-refractivity contribution is 0.223. The molecular weight excluding hydrogens is 583 g/mol. The largest absolute Gasteiger partial charge is 0.598 e. The molecule has 3 rings (SSSR count). The van der Waals surface area contributed by atoms with E-state index in [1.165, 1.54) is 23.9 Å². The van der Waals surface area contributed by atoms with Gasteiger partial charge in [0.15, 0.2) is 0 Å². The lowest BCUT2D eigenvalue weighted by Gasteiger charge is -2.28. The highest BCUT2D eigenvalue weighted by molar-refractivity contribution is 7.90. The van der Waals surface area contributed by atoms with E-state index in [0.29, 0.717) is 25.4 Å². The van der Waals surface area contributed by atoms with Crippen LogP contribution in [0.15, 0.2) is 42.9 Å². The van der Waals surface area contributed by atoms with Gasteiger partial charge in [0.1, 0.15) is 33.6 Å². The summed E-state index contributed by atoms with van der Waals surface area (Å²) in [6.07, 6.45) is 1.74. The number of thiophene rings is 1. The number of halogens is 3. The summed E-state index contributed by atoms with van der Waals surface area (Å²) in [5.41, 5.74) is 1.87. The minimum atomic E-state index is -1.38. The number of nitrogens with zero attached hydrogens (tertiary/aromatic N) is 2. The SMILES string of the molecule is CC(C)(C)[S+]([O-])NC(c1cccc(Cl)c1)c1cc(C(O)c2cncnc2Cl)sc1Cl.CC(C)[S+](N)[O-]. The molecule has 3 aromatic rings. The van der Waals surface area contributed by atoms with Crippen LogP contribution >= 0.6 is 46.1 Å². The number of nitrogens with one attached hydrogen (secondary N) is 1. The van der Waals surface area contributed by atoms with E-state index in [1.807, 2.05) is 46.8 Å². The summed E-state index contributed by atoms with van der Waals surface area (Å²) >= 11 is 17.6. The zero-order chi connectivity index (χ0) is 27.2. The van der Waals surface area contributed by atoms with Gasteiger partial charge in [-0.3, -0.25) is 0 Å². The number of benzene rings is 1. The van der Waals surface area contributed by atoms with Crippen LogP contribution in [0.25, 0.3) is 0 Å². The Kier molecular flexibility index (Phi) is 12.2. The van der Waals surface area contributed by atoms with E-state index in [1.54, 1.807) is 18.2 Å². The third kappa shape index (κ3) is 8.99. The molecule has 0 aliphatic heterocycles. The molecule has 13 heteroatoms. The summed E-state index contributed by atoms with van der Waals surface area (Å²) in [5, 5.41) is 16.5. The van der Waals surface area contributed by atoms with Crippen LogP contribution in [0.1, 0.15) is 68.3 Å². The summed E-state index contributed by atoms with van der Waals surface area (Å²) in [6.45, 7) is 9.28. The zero-order valence-electron chi connectivity index (χ0n) is 20.4. The van der Waals surface area contributed by atoms with E-state index in [-0.39, 0.29) is 10.4 Å². The van der Waals surface area contributed by atoms with Crippen molar-refractivity contribution in [3.8, 4) is 0 Å². The van der Waals surface area contributed by atoms with Gasteiger partial charge in [0.05, 0.1) is 4.34 Å². The highest BCUT2D eigenvalue weighted by Crippen LogP contribution is 2.41. The maximum Gasteiger partial charge on any atom is 0.138 e. The Hall–Kier alpha value is -0.630. The summed E-state index contributed by atoms with van der Waals surface area (Å²) in [6, 6.07) is 8.56. The Labute approximate surface area is 237 Å². The van der Waals surface area contributed by atoms with Crippen LogP contribution in [0.2, 0.25) is 14.5 Å². The molecule has 1 aromatic carbocycles. The average molecular weight is 612 g/mol. The van der Waals surface area contributed by atoms with Gasteiger partial charge in [-0.1, -0.05) is 46.9 Å². The van der Waals surface area contributed by atoms with E-state index < -0.39 is 39.6 Å². The van der Waals surface area contributed by atoms with E-state index in [4.69, 9.17) is 39.9 Å². The fourth-order valence-corrected chi connectivity index (χ4v) is 5.26. The topological polar surface area (TPSA) is 130 Å². The molecule has 0 spiro atoms. The van der Waals surface area contributed by atoms with Gasteiger partial charge >= 0.3 is 0 Å². The van der Waals surface area contributed by atoms with Gasteiger partial charge < -0.3 is 14.2 Å². The van der Waals surface area contributed by atoms with Crippen molar-refractivity contribution in [3.05, 3.63) is 78.9 Å². The molecule has 198 valence electrons. The van der Waals surface area contributed by atoms with Gasteiger partial charge in [-0.2, -0.15) is 5.14 Å². The third-order valence-corrected chi connectivity index (χ3v) is 9.21. The molecule has 7 nitrogen and oxygen atoms in total. The van der Waals surface area contributed by atoms with Crippen molar-refractivity contribution in [2.75, 3.05) is 0 Å². The number of hydrogen-bond donors (Lipinski definition) is 3.